The fraction of sp³-hybridized carbons (Fsp3) is 0.273. The first-order valence-corrected chi connectivity index (χ1v) is 5.01. The van der Waals surface area contributed by atoms with Crippen LogP contribution in [-0.4, -0.2) is 11.1 Å². The maximum Gasteiger partial charge on any atom is 0.334 e. The Labute approximate surface area is 93.7 Å². The molecule has 0 saturated heterocycles. The van der Waals surface area contributed by atoms with Crippen molar-refractivity contribution in [1.82, 2.24) is 0 Å². The van der Waals surface area contributed by atoms with E-state index in [0.29, 0.717) is 0 Å². The molecule has 0 bridgehead atoms. The zero-order valence-corrected chi connectivity index (χ0v) is 9.41. The summed E-state index contributed by atoms with van der Waals surface area (Å²) in [6.07, 6.45) is 0.279. The number of oxime groups is 1. The molecule has 0 saturated carbocycles. The monoisotopic (exact) mass is 225 g/mol. The molecule has 0 spiro atoms. The van der Waals surface area contributed by atoms with Crippen LogP contribution in [0.1, 0.15) is 24.5 Å². The maximum atomic E-state index is 10.8. The third kappa shape index (κ3) is 3.72. The number of nitrogens with zero attached hydrogens (tertiary/aromatic N) is 1. The van der Waals surface area contributed by atoms with Gasteiger partial charge in [-0.3, -0.25) is 0 Å². The Balaban J connectivity index is 2.71. The quantitative estimate of drug-likeness (QED) is 0.451. The molecule has 0 atom stereocenters. The lowest BCUT2D eigenvalue weighted by atomic mass is 10.2. The van der Waals surface area contributed by atoms with Gasteiger partial charge in [0.15, 0.2) is 5.17 Å². The third-order valence-electron chi connectivity index (χ3n) is 1.81. The fourth-order valence-electron chi connectivity index (χ4n) is 0.899. The minimum absolute atomic E-state index is 0.178. The molecule has 0 aliphatic rings. The van der Waals surface area contributed by atoms with Gasteiger partial charge in [0.05, 0.1) is 0 Å². The van der Waals surface area contributed by atoms with Crippen LogP contribution in [0.4, 0.5) is 0 Å². The number of benzene rings is 1. The van der Waals surface area contributed by atoms with Crippen molar-refractivity contribution in [3.05, 3.63) is 35.4 Å². The molecule has 4 heteroatoms. The van der Waals surface area contributed by atoms with Crippen LogP contribution < -0.4 is 0 Å². The highest BCUT2D eigenvalue weighted by Gasteiger charge is 2.02. The summed E-state index contributed by atoms with van der Waals surface area (Å²) < 4.78 is 0. The molecular formula is C11H12ClNO2. The van der Waals surface area contributed by atoms with E-state index in [1.807, 2.05) is 31.2 Å². The van der Waals surface area contributed by atoms with E-state index in [-0.39, 0.29) is 11.6 Å². The van der Waals surface area contributed by atoms with Gasteiger partial charge < -0.3 is 4.84 Å². The molecule has 1 rings (SSSR count). The van der Waals surface area contributed by atoms with Crippen molar-refractivity contribution in [3.8, 4) is 0 Å². The second-order valence-electron chi connectivity index (χ2n) is 3.06. The summed E-state index contributed by atoms with van der Waals surface area (Å²) in [4.78, 5) is 15.4. The summed E-state index contributed by atoms with van der Waals surface area (Å²) >= 11 is 5.83. The van der Waals surface area contributed by atoms with Crippen LogP contribution in [0.5, 0.6) is 0 Å². The average Bonchev–Trinajstić information content (AvgIpc) is 2.26. The number of hydrogen-bond acceptors (Lipinski definition) is 3. The Morgan fingerprint density at radius 2 is 2.00 bits per heavy atom. The minimum atomic E-state index is -0.403. The SMILES string of the molecule is CCC(=O)ON=C(Cl)c1ccc(C)cc1. The Kier molecular flexibility index (Phi) is 4.31. The molecule has 0 N–H and O–H groups in total. The zero-order valence-electron chi connectivity index (χ0n) is 8.66. The molecule has 0 aromatic heterocycles. The Morgan fingerprint density at radius 3 is 2.53 bits per heavy atom. The highest BCUT2D eigenvalue weighted by Crippen LogP contribution is 2.07. The van der Waals surface area contributed by atoms with Crippen molar-refractivity contribution in [2.24, 2.45) is 5.16 Å². The lowest BCUT2D eigenvalue weighted by molar-refractivity contribution is -0.143. The van der Waals surface area contributed by atoms with E-state index in [0.717, 1.165) is 11.1 Å². The number of carbonyl (C=O) groups excluding carboxylic acids is 1. The number of hydrogen-bond donors (Lipinski definition) is 0. The molecule has 15 heavy (non-hydrogen) atoms. The molecule has 0 amide bonds. The van der Waals surface area contributed by atoms with E-state index in [1.165, 1.54) is 0 Å². The first-order valence-electron chi connectivity index (χ1n) is 4.64. The standard InChI is InChI=1S/C11H12ClNO2/c1-3-10(14)15-13-11(12)9-6-4-8(2)5-7-9/h4-7H,3H2,1-2H3. The normalized spacial score (nSPS) is 11.3. The summed E-state index contributed by atoms with van der Waals surface area (Å²) in [5.74, 6) is -0.403. The predicted molar refractivity (Wildman–Crippen MR) is 60.0 cm³/mol. The second-order valence-corrected chi connectivity index (χ2v) is 3.42. The van der Waals surface area contributed by atoms with Gasteiger partial charge in [-0.1, -0.05) is 53.5 Å². The van der Waals surface area contributed by atoms with Crippen molar-refractivity contribution >= 4 is 22.7 Å². The topological polar surface area (TPSA) is 38.7 Å². The van der Waals surface area contributed by atoms with Crippen LogP contribution in [0.2, 0.25) is 0 Å². The van der Waals surface area contributed by atoms with Crippen LogP contribution in [0.3, 0.4) is 0 Å². The van der Waals surface area contributed by atoms with E-state index in [1.54, 1.807) is 6.92 Å². The van der Waals surface area contributed by atoms with E-state index < -0.39 is 5.97 Å². The van der Waals surface area contributed by atoms with Crippen molar-refractivity contribution in [3.63, 3.8) is 0 Å². The molecule has 0 aliphatic carbocycles. The van der Waals surface area contributed by atoms with Crippen LogP contribution in [0, 0.1) is 6.92 Å². The number of rotatable bonds is 3. The molecule has 0 fully saturated rings. The van der Waals surface area contributed by atoms with Crippen LogP contribution in [0.15, 0.2) is 29.4 Å². The highest BCUT2D eigenvalue weighted by atomic mass is 35.5. The lowest BCUT2D eigenvalue weighted by Gasteiger charge is -1.98. The van der Waals surface area contributed by atoms with Gasteiger partial charge in [-0.2, -0.15) is 0 Å². The van der Waals surface area contributed by atoms with Gasteiger partial charge in [-0.25, -0.2) is 4.79 Å². The molecule has 0 unspecified atom stereocenters. The largest absolute Gasteiger partial charge is 0.334 e. The third-order valence-corrected chi connectivity index (χ3v) is 2.09. The van der Waals surface area contributed by atoms with Crippen LogP contribution >= 0.6 is 11.6 Å². The molecule has 0 aliphatic heterocycles. The smallest absolute Gasteiger partial charge is 0.317 e. The highest BCUT2D eigenvalue weighted by molar-refractivity contribution is 6.69. The maximum absolute atomic E-state index is 10.8. The number of carbonyl (C=O) groups is 1. The van der Waals surface area contributed by atoms with E-state index in [2.05, 4.69) is 9.99 Å². The van der Waals surface area contributed by atoms with Gasteiger partial charge in [-0.15, -0.1) is 0 Å². The van der Waals surface area contributed by atoms with Crippen LogP contribution in [0.25, 0.3) is 0 Å². The zero-order chi connectivity index (χ0) is 11.3. The van der Waals surface area contributed by atoms with Gasteiger partial charge in [0.2, 0.25) is 0 Å². The van der Waals surface area contributed by atoms with Gasteiger partial charge in [0.1, 0.15) is 0 Å². The molecule has 0 radical (unpaired) electrons. The molecule has 1 aromatic rings. The predicted octanol–water partition coefficient (Wildman–Crippen LogP) is 2.85. The Hall–Kier alpha value is -1.35. The molecular weight excluding hydrogens is 214 g/mol. The fourth-order valence-corrected chi connectivity index (χ4v) is 1.06. The van der Waals surface area contributed by atoms with Crippen LogP contribution in [-0.2, 0) is 9.63 Å². The Morgan fingerprint density at radius 1 is 1.40 bits per heavy atom. The number of halogens is 1. The summed E-state index contributed by atoms with van der Waals surface area (Å²) in [6.45, 7) is 3.67. The molecule has 3 nitrogen and oxygen atoms in total. The van der Waals surface area contributed by atoms with E-state index in [9.17, 15) is 4.79 Å². The van der Waals surface area contributed by atoms with E-state index >= 15 is 0 Å². The molecule has 80 valence electrons. The van der Waals surface area contributed by atoms with Gasteiger partial charge in [0.25, 0.3) is 0 Å². The van der Waals surface area contributed by atoms with Crippen molar-refractivity contribution < 1.29 is 9.63 Å². The van der Waals surface area contributed by atoms with Gasteiger partial charge in [0, 0.05) is 12.0 Å². The van der Waals surface area contributed by atoms with Crippen molar-refractivity contribution in [2.75, 3.05) is 0 Å². The number of aryl methyl sites for hydroxylation is 1. The Bertz CT molecular complexity index is 371. The summed E-state index contributed by atoms with van der Waals surface area (Å²) in [7, 11) is 0. The van der Waals surface area contributed by atoms with Gasteiger partial charge in [-0.05, 0) is 6.92 Å². The lowest BCUT2D eigenvalue weighted by Crippen LogP contribution is -1.99. The summed E-state index contributed by atoms with van der Waals surface area (Å²) in [5.41, 5.74) is 1.86. The first-order chi connectivity index (χ1) is 7.13. The van der Waals surface area contributed by atoms with Crippen molar-refractivity contribution in [1.29, 1.82) is 0 Å². The minimum Gasteiger partial charge on any atom is -0.317 e. The van der Waals surface area contributed by atoms with E-state index in [4.69, 9.17) is 11.6 Å². The van der Waals surface area contributed by atoms with Gasteiger partial charge >= 0.3 is 5.97 Å². The van der Waals surface area contributed by atoms with Crippen molar-refractivity contribution in [2.45, 2.75) is 20.3 Å². The summed E-state index contributed by atoms with van der Waals surface area (Å²) in [6, 6.07) is 7.46. The first kappa shape index (κ1) is 11.7. The molecule has 0 heterocycles. The second kappa shape index (κ2) is 5.51. The summed E-state index contributed by atoms with van der Waals surface area (Å²) in [5, 5.41) is 3.70. The average molecular weight is 226 g/mol. The molecule has 1 aromatic carbocycles.